The van der Waals surface area contributed by atoms with E-state index in [1.54, 1.807) is 19.2 Å². The van der Waals surface area contributed by atoms with Gasteiger partial charge in [-0.1, -0.05) is 133 Å². The number of ether oxygens (including phenoxy) is 2. The number of nitrogens with zero attached hydrogens (tertiary/aromatic N) is 3. The zero-order chi connectivity index (χ0) is 43.5. The van der Waals surface area contributed by atoms with E-state index in [9.17, 15) is 14.7 Å². The fourth-order valence-corrected chi connectivity index (χ4v) is 8.53. The number of carboxylic acids is 2. The number of benzene rings is 3. The van der Waals surface area contributed by atoms with Crippen LogP contribution in [0.1, 0.15) is 171 Å². The average Bonchev–Trinajstić information content (AvgIpc) is 3.99. The molecule has 4 aromatic rings. The highest BCUT2D eigenvalue weighted by Crippen LogP contribution is 2.45. The van der Waals surface area contributed by atoms with Gasteiger partial charge in [0, 0.05) is 24.7 Å². The minimum Gasteiger partial charge on any atom is -0.497 e. The predicted molar refractivity (Wildman–Crippen MR) is 240 cm³/mol. The molecular weight excluding hydrogens is 770 g/mol. The van der Waals surface area contributed by atoms with Crippen LogP contribution in [0.5, 0.6) is 11.5 Å². The average molecular weight is 840 g/mol. The van der Waals surface area contributed by atoms with Crippen molar-refractivity contribution in [2.24, 2.45) is 5.92 Å². The first-order chi connectivity index (χ1) is 29.5. The van der Waals surface area contributed by atoms with E-state index < -0.39 is 11.9 Å². The van der Waals surface area contributed by atoms with Crippen LogP contribution in [0, 0.1) is 11.7 Å². The van der Waals surface area contributed by atoms with E-state index >= 15 is 4.39 Å². The maximum atomic E-state index is 15.5. The van der Waals surface area contributed by atoms with E-state index in [-0.39, 0.29) is 23.6 Å². The second kappa shape index (κ2) is 24.6. The third-order valence-electron chi connectivity index (χ3n) is 12.4. The second-order valence-corrected chi connectivity index (χ2v) is 17.9. The number of hydrogen-bond donors (Lipinski definition) is 2. The summed E-state index contributed by atoms with van der Waals surface area (Å²) in [6.45, 7) is 5.36. The van der Waals surface area contributed by atoms with Crippen molar-refractivity contribution in [2.75, 3.05) is 7.11 Å². The molecule has 9 nitrogen and oxygen atoms in total. The van der Waals surface area contributed by atoms with Crippen molar-refractivity contribution in [3.63, 3.8) is 0 Å². The summed E-state index contributed by atoms with van der Waals surface area (Å²) in [5.41, 5.74) is 4.91. The van der Waals surface area contributed by atoms with Crippen LogP contribution in [0.2, 0.25) is 0 Å². The molecule has 5 rings (SSSR count). The highest BCUT2D eigenvalue weighted by Gasteiger charge is 2.34. The van der Waals surface area contributed by atoms with Gasteiger partial charge in [-0.05, 0) is 108 Å². The predicted octanol–water partition coefficient (Wildman–Crippen LogP) is 12.9. The molecule has 0 amide bonds. The topological polar surface area (TPSA) is 124 Å². The van der Waals surface area contributed by atoms with Crippen LogP contribution in [0.3, 0.4) is 0 Å². The molecule has 2 N–H and O–H groups in total. The van der Waals surface area contributed by atoms with Gasteiger partial charge in [0.15, 0.2) is 0 Å². The van der Waals surface area contributed by atoms with Gasteiger partial charge in [0.2, 0.25) is 0 Å². The first kappa shape index (κ1) is 47.3. The summed E-state index contributed by atoms with van der Waals surface area (Å²) in [5.74, 6) is -0.0763. The monoisotopic (exact) mass is 840 g/mol. The van der Waals surface area contributed by atoms with Crippen molar-refractivity contribution in [1.82, 2.24) is 15.0 Å². The SMILES string of the molecule is COc1ccc(F)c(-c2ccc(COc3cccc([C@@H](CC(=O)O)C4CC4)c3)cc2C(C)(C)CCn2cc(CCCCCCCCCCCCCCCCCC(=O)O)nn2)c1. The van der Waals surface area contributed by atoms with Crippen molar-refractivity contribution >= 4 is 11.9 Å². The molecule has 0 unspecified atom stereocenters. The lowest BCUT2D eigenvalue weighted by Crippen LogP contribution is -2.22. The van der Waals surface area contributed by atoms with Crippen molar-refractivity contribution in [3.05, 3.63) is 95.1 Å². The van der Waals surface area contributed by atoms with Gasteiger partial charge >= 0.3 is 11.9 Å². The van der Waals surface area contributed by atoms with Crippen LogP contribution in [0.4, 0.5) is 4.39 Å². The molecule has 1 aliphatic carbocycles. The van der Waals surface area contributed by atoms with Crippen molar-refractivity contribution in [3.8, 4) is 22.6 Å². The normalized spacial score (nSPS) is 13.3. The van der Waals surface area contributed by atoms with Crippen LogP contribution in [-0.2, 0) is 34.6 Å². The highest BCUT2D eigenvalue weighted by molar-refractivity contribution is 5.71. The lowest BCUT2D eigenvalue weighted by atomic mass is 9.77. The van der Waals surface area contributed by atoms with Gasteiger partial charge in [0.1, 0.15) is 23.9 Å². The fourth-order valence-electron chi connectivity index (χ4n) is 8.53. The molecule has 1 aromatic heterocycles. The van der Waals surface area contributed by atoms with E-state index in [0.29, 0.717) is 42.6 Å². The first-order valence-corrected chi connectivity index (χ1v) is 23.0. The van der Waals surface area contributed by atoms with Crippen molar-refractivity contribution < 1.29 is 33.7 Å². The summed E-state index contributed by atoms with van der Waals surface area (Å²) in [5, 5.41) is 27.2. The zero-order valence-corrected chi connectivity index (χ0v) is 37.0. The molecule has 1 fully saturated rings. The number of hydrogen-bond acceptors (Lipinski definition) is 6. The van der Waals surface area contributed by atoms with Gasteiger partial charge < -0.3 is 19.7 Å². The van der Waals surface area contributed by atoms with E-state index in [0.717, 1.165) is 79.3 Å². The Morgan fingerprint density at radius 3 is 2.07 bits per heavy atom. The minimum absolute atomic E-state index is 0.00831. The van der Waals surface area contributed by atoms with Gasteiger partial charge in [0.25, 0.3) is 0 Å². The first-order valence-electron chi connectivity index (χ1n) is 23.0. The summed E-state index contributed by atoms with van der Waals surface area (Å²) in [6.07, 6.45) is 24.6. The quantitative estimate of drug-likeness (QED) is 0.0480. The molecule has 1 atom stereocenters. The molecule has 0 aliphatic heterocycles. The summed E-state index contributed by atoms with van der Waals surface area (Å²) >= 11 is 0. The number of methoxy groups -OCH3 is 1. The third-order valence-corrected chi connectivity index (χ3v) is 12.4. The van der Waals surface area contributed by atoms with Gasteiger partial charge in [-0.2, -0.15) is 0 Å². The number of halogens is 1. The lowest BCUT2D eigenvalue weighted by molar-refractivity contribution is -0.138. The molecule has 10 heteroatoms. The summed E-state index contributed by atoms with van der Waals surface area (Å²) < 4.78 is 29.2. The van der Waals surface area contributed by atoms with Gasteiger partial charge in [-0.25, -0.2) is 4.39 Å². The van der Waals surface area contributed by atoms with E-state index in [2.05, 4.69) is 36.4 Å². The maximum Gasteiger partial charge on any atom is 0.303 e. The Bertz CT molecular complexity index is 1960. The van der Waals surface area contributed by atoms with Gasteiger partial charge in [-0.3, -0.25) is 14.3 Å². The molecule has 1 heterocycles. The third kappa shape index (κ3) is 16.2. The smallest absolute Gasteiger partial charge is 0.303 e. The Hall–Kier alpha value is -4.73. The van der Waals surface area contributed by atoms with Crippen LogP contribution < -0.4 is 9.47 Å². The second-order valence-electron chi connectivity index (χ2n) is 17.9. The molecule has 0 radical (unpaired) electrons. The maximum absolute atomic E-state index is 15.5. The fraction of sp³-hybridized carbons (Fsp3) is 0.569. The molecule has 61 heavy (non-hydrogen) atoms. The summed E-state index contributed by atoms with van der Waals surface area (Å²) in [6, 6.07) is 18.8. The number of aromatic nitrogens is 3. The largest absolute Gasteiger partial charge is 0.497 e. The number of carboxylic acid groups (broad SMARTS) is 2. The van der Waals surface area contributed by atoms with Crippen LogP contribution in [0.25, 0.3) is 11.1 Å². The Balaban J connectivity index is 1.08. The number of aliphatic carboxylic acids is 2. The standard InChI is InChI=1S/C51H70FN3O6/c1-51(2,30-31-55-36-41(53-54-55)21-17-15-13-11-9-7-5-4-6-8-10-12-14-16-18-23-49(56)57)47-32-38(24-28-44(47)46-34-42(60-3)27-29-48(46)52)37-61-43-22-19-20-40(33-43)45(35-50(58)59)39-25-26-39/h19-20,22,24,27-29,32-34,36,39,45H,4-18,21,23,25-26,30-31,35,37H2,1-3H3,(H,56,57)(H,58,59)/t45-/m0/s1. The molecule has 0 saturated heterocycles. The summed E-state index contributed by atoms with van der Waals surface area (Å²) in [7, 11) is 1.59. The molecule has 3 aromatic carbocycles. The number of unbranched alkanes of at least 4 members (excludes halogenated alkanes) is 14. The number of aryl methyl sites for hydroxylation is 2. The Morgan fingerprint density at radius 1 is 0.787 bits per heavy atom. The van der Waals surface area contributed by atoms with Crippen LogP contribution >= 0.6 is 0 Å². The van der Waals surface area contributed by atoms with E-state index in [1.807, 2.05) is 41.1 Å². The zero-order valence-electron chi connectivity index (χ0n) is 37.0. The minimum atomic E-state index is -0.780. The molecule has 0 bridgehead atoms. The Labute approximate surface area is 363 Å². The van der Waals surface area contributed by atoms with Crippen molar-refractivity contribution in [2.45, 2.75) is 173 Å². The van der Waals surface area contributed by atoms with Crippen LogP contribution in [-0.4, -0.2) is 44.3 Å². The number of rotatable bonds is 31. The van der Waals surface area contributed by atoms with Gasteiger partial charge in [-0.15, -0.1) is 5.10 Å². The van der Waals surface area contributed by atoms with E-state index in [1.165, 1.54) is 76.7 Å². The molecule has 1 saturated carbocycles. The van der Waals surface area contributed by atoms with Crippen molar-refractivity contribution in [1.29, 1.82) is 0 Å². The van der Waals surface area contributed by atoms with Crippen LogP contribution in [0.15, 0.2) is 66.9 Å². The molecular formula is C51H70FN3O6. The highest BCUT2D eigenvalue weighted by atomic mass is 19.1. The van der Waals surface area contributed by atoms with Gasteiger partial charge in [0.05, 0.1) is 19.2 Å². The molecule has 332 valence electrons. The Morgan fingerprint density at radius 2 is 1.44 bits per heavy atom. The van der Waals surface area contributed by atoms with E-state index in [4.69, 9.17) is 14.6 Å². The number of carbonyl (C=O) groups is 2. The Kier molecular flexibility index (Phi) is 19.1. The molecule has 1 aliphatic rings. The lowest BCUT2D eigenvalue weighted by Gasteiger charge is -2.29. The summed E-state index contributed by atoms with van der Waals surface area (Å²) in [4.78, 5) is 22.2. The molecule has 0 spiro atoms.